The van der Waals surface area contributed by atoms with Crippen LogP contribution in [-0.2, 0) is 0 Å². The van der Waals surface area contributed by atoms with Gasteiger partial charge in [-0.1, -0.05) is 42.5 Å². The SMILES string of the molecule is c1ccc(-c2cc3c(nn2)Nc2ccccc2N3)cc1. The van der Waals surface area contributed by atoms with Crippen molar-refractivity contribution in [2.45, 2.75) is 0 Å². The third kappa shape index (κ3) is 1.78. The minimum absolute atomic E-state index is 0.753. The number of nitrogens with one attached hydrogen (secondary N) is 2. The first-order chi connectivity index (χ1) is 9.90. The normalized spacial score (nSPS) is 11.8. The Bertz CT molecular complexity index is 768. The second-order valence-electron chi connectivity index (χ2n) is 4.65. The molecule has 0 unspecified atom stereocenters. The van der Waals surface area contributed by atoms with Gasteiger partial charge >= 0.3 is 0 Å². The fraction of sp³-hybridized carbons (Fsp3) is 0. The van der Waals surface area contributed by atoms with Crippen LogP contribution in [0.3, 0.4) is 0 Å². The van der Waals surface area contributed by atoms with E-state index in [0.29, 0.717) is 0 Å². The predicted octanol–water partition coefficient (Wildman–Crippen LogP) is 3.94. The van der Waals surface area contributed by atoms with Gasteiger partial charge in [0.1, 0.15) is 0 Å². The maximum atomic E-state index is 4.28. The average Bonchev–Trinajstić information content (AvgIpc) is 2.53. The fourth-order valence-electron chi connectivity index (χ4n) is 2.30. The van der Waals surface area contributed by atoms with Crippen molar-refractivity contribution in [1.82, 2.24) is 10.2 Å². The lowest BCUT2D eigenvalue weighted by molar-refractivity contribution is 1.04. The molecule has 1 aliphatic rings. The van der Waals surface area contributed by atoms with E-state index in [9.17, 15) is 0 Å². The van der Waals surface area contributed by atoms with Gasteiger partial charge in [-0.3, -0.25) is 0 Å². The van der Waals surface area contributed by atoms with Crippen molar-refractivity contribution in [1.29, 1.82) is 0 Å². The molecule has 4 nitrogen and oxygen atoms in total. The van der Waals surface area contributed by atoms with Crippen LogP contribution in [0.25, 0.3) is 11.3 Å². The first-order valence-corrected chi connectivity index (χ1v) is 6.46. The average molecular weight is 260 g/mol. The number of hydrogen-bond acceptors (Lipinski definition) is 4. The molecule has 0 aliphatic carbocycles. The lowest BCUT2D eigenvalue weighted by atomic mass is 10.1. The first-order valence-electron chi connectivity index (χ1n) is 6.46. The Hall–Kier alpha value is -2.88. The molecule has 0 amide bonds. The third-order valence-electron chi connectivity index (χ3n) is 3.31. The number of para-hydroxylation sites is 2. The van der Waals surface area contributed by atoms with Gasteiger partial charge in [-0.25, -0.2) is 0 Å². The highest BCUT2D eigenvalue weighted by molar-refractivity contribution is 5.89. The van der Waals surface area contributed by atoms with Crippen LogP contribution in [0.4, 0.5) is 22.9 Å². The van der Waals surface area contributed by atoms with E-state index in [-0.39, 0.29) is 0 Å². The number of anilines is 4. The van der Waals surface area contributed by atoms with Crippen molar-refractivity contribution in [2.24, 2.45) is 0 Å². The highest BCUT2D eigenvalue weighted by Crippen LogP contribution is 2.37. The van der Waals surface area contributed by atoms with Crippen LogP contribution < -0.4 is 10.6 Å². The van der Waals surface area contributed by atoms with E-state index in [4.69, 9.17) is 0 Å². The molecular weight excluding hydrogens is 248 g/mol. The molecule has 0 spiro atoms. The summed E-state index contributed by atoms with van der Waals surface area (Å²) in [4.78, 5) is 0. The van der Waals surface area contributed by atoms with Crippen molar-refractivity contribution >= 4 is 22.9 Å². The van der Waals surface area contributed by atoms with Gasteiger partial charge in [-0.2, -0.15) is 0 Å². The number of nitrogens with zero attached hydrogens (tertiary/aromatic N) is 2. The van der Waals surface area contributed by atoms with Crippen LogP contribution in [-0.4, -0.2) is 10.2 Å². The predicted molar refractivity (Wildman–Crippen MR) is 80.5 cm³/mol. The van der Waals surface area contributed by atoms with E-state index in [1.54, 1.807) is 0 Å². The summed E-state index contributed by atoms with van der Waals surface area (Å²) in [5.74, 6) is 0.753. The Labute approximate surface area is 116 Å². The van der Waals surface area contributed by atoms with Crippen molar-refractivity contribution < 1.29 is 0 Å². The first kappa shape index (κ1) is 11.0. The Kier molecular flexibility index (Phi) is 2.39. The topological polar surface area (TPSA) is 49.8 Å². The Morgan fingerprint density at radius 2 is 1.35 bits per heavy atom. The van der Waals surface area contributed by atoms with Gasteiger partial charge in [0.05, 0.1) is 22.8 Å². The Morgan fingerprint density at radius 3 is 2.15 bits per heavy atom. The molecule has 20 heavy (non-hydrogen) atoms. The summed E-state index contributed by atoms with van der Waals surface area (Å²) >= 11 is 0. The molecule has 0 bridgehead atoms. The maximum absolute atomic E-state index is 4.28. The van der Waals surface area contributed by atoms with Crippen molar-refractivity contribution in [3.63, 3.8) is 0 Å². The number of aromatic nitrogens is 2. The van der Waals surface area contributed by atoms with Gasteiger partial charge in [0.25, 0.3) is 0 Å². The summed E-state index contributed by atoms with van der Waals surface area (Å²) in [6.07, 6.45) is 0. The number of hydrogen-bond donors (Lipinski definition) is 2. The van der Waals surface area contributed by atoms with Crippen LogP contribution >= 0.6 is 0 Å². The number of rotatable bonds is 1. The second kappa shape index (κ2) is 4.35. The molecule has 0 saturated carbocycles. The molecule has 4 rings (SSSR count). The van der Waals surface area contributed by atoms with Crippen molar-refractivity contribution in [3.05, 3.63) is 60.7 Å². The van der Waals surface area contributed by atoms with Gasteiger partial charge < -0.3 is 10.6 Å². The van der Waals surface area contributed by atoms with Crippen LogP contribution in [0.2, 0.25) is 0 Å². The molecular formula is C16H12N4. The summed E-state index contributed by atoms with van der Waals surface area (Å²) in [6, 6.07) is 20.1. The van der Waals surface area contributed by atoms with E-state index >= 15 is 0 Å². The van der Waals surface area contributed by atoms with Gasteiger partial charge in [0, 0.05) is 5.56 Å². The van der Waals surface area contributed by atoms with Gasteiger partial charge in [0.2, 0.25) is 0 Å². The largest absolute Gasteiger partial charge is 0.351 e. The maximum Gasteiger partial charge on any atom is 0.176 e. The van der Waals surface area contributed by atoms with Crippen LogP contribution in [0.1, 0.15) is 0 Å². The number of benzene rings is 2. The van der Waals surface area contributed by atoms with Crippen LogP contribution in [0.5, 0.6) is 0 Å². The molecule has 2 aromatic carbocycles. The number of fused-ring (bicyclic) bond motifs is 2. The highest BCUT2D eigenvalue weighted by atomic mass is 15.2. The van der Waals surface area contributed by atoms with Crippen LogP contribution in [0.15, 0.2) is 60.7 Å². The molecule has 4 heteroatoms. The van der Waals surface area contributed by atoms with E-state index in [1.807, 2.05) is 60.7 Å². The summed E-state index contributed by atoms with van der Waals surface area (Å²) in [5.41, 5.74) is 4.92. The Balaban J connectivity index is 1.77. The molecule has 3 aromatic rings. The summed E-state index contributed by atoms with van der Waals surface area (Å²) in [5, 5.41) is 15.2. The molecule has 0 fully saturated rings. The third-order valence-corrected chi connectivity index (χ3v) is 3.31. The van der Waals surface area contributed by atoms with E-state index in [2.05, 4.69) is 20.8 Å². The lowest BCUT2D eigenvalue weighted by Crippen LogP contribution is -2.09. The molecule has 0 atom stereocenters. The lowest BCUT2D eigenvalue weighted by Gasteiger charge is -2.21. The van der Waals surface area contributed by atoms with Crippen molar-refractivity contribution in [3.8, 4) is 11.3 Å². The van der Waals surface area contributed by atoms with E-state index in [0.717, 1.165) is 34.1 Å². The Morgan fingerprint density at radius 1 is 0.650 bits per heavy atom. The van der Waals surface area contributed by atoms with E-state index in [1.165, 1.54) is 0 Å². The van der Waals surface area contributed by atoms with Gasteiger partial charge in [-0.15, -0.1) is 10.2 Å². The zero-order valence-corrected chi connectivity index (χ0v) is 10.7. The molecule has 0 saturated heterocycles. The minimum Gasteiger partial charge on any atom is -0.351 e. The standard InChI is InChI=1S/C16H12N4/c1-2-6-11(7-3-1)14-10-15-16(20-19-14)18-13-9-5-4-8-12(13)17-15/h1-10,17H,(H,18,20). The molecule has 96 valence electrons. The van der Waals surface area contributed by atoms with Crippen LogP contribution in [0, 0.1) is 0 Å². The summed E-state index contributed by atoms with van der Waals surface area (Å²) in [7, 11) is 0. The van der Waals surface area contributed by atoms with E-state index < -0.39 is 0 Å². The zero-order valence-electron chi connectivity index (χ0n) is 10.7. The molecule has 1 aliphatic heterocycles. The van der Waals surface area contributed by atoms with Gasteiger partial charge in [0.15, 0.2) is 5.82 Å². The second-order valence-corrected chi connectivity index (χ2v) is 4.65. The zero-order chi connectivity index (χ0) is 13.4. The monoisotopic (exact) mass is 260 g/mol. The highest BCUT2D eigenvalue weighted by Gasteiger charge is 2.16. The molecule has 1 aromatic heterocycles. The molecule has 0 radical (unpaired) electrons. The molecule has 2 heterocycles. The fourth-order valence-corrected chi connectivity index (χ4v) is 2.30. The minimum atomic E-state index is 0.753. The smallest absolute Gasteiger partial charge is 0.176 e. The van der Waals surface area contributed by atoms with Gasteiger partial charge in [-0.05, 0) is 18.2 Å². The quantitative estimate of drug-likeness (QED) is 0.544. The van der Waals surface area contributed by atoms with Crippen molar-refractivity contribution in [2.75, 3.05) is 10.6 Å². The summed E-state index contributed by atoms with van der Waals surface area (Å²) in [6.45, 7) is 0. The summed E-state index contributed by atoms with van der Waals surface area (Å²) < 4.78 is 0. The molecule has 2 N–H and O–H groups in total.